The summed E-state index contributed by atoms with van der Waals surface area (Å²) in [5.41, 5.74) is 6.10. The highest BCUT2D eigenvalue weighted by Crippen LogP contribution is 2.22. The van der Waals surface area contributed by atoms with Crippen LogP contribution in [0.25, 0.3) is 0 Å². The molecule has 0 saturated carbocycles. The highest BCUT2D eigenvalue weighted by atomic mass is 19.2. The average Bonchev–Trinajstić information content (AvgIpc) is 2.80. The fraction of sp³-hybridized carbons (Fsp3) is 0.308. The van der Waals surface area contributed by atoms with Crippen LogP contribution in [0, 0.1) is 11.6 Å². The maximum Gasteiger partial charge on any atom is 0.164 e. The van der Waals surface area contributed by atoms with Crippen LogP contribution in [-0.2, 0) is 6.54 Å². The van der Waals surface area contributed by atoms with E-state index in [4.69, 9.17) is 5.73 Å². The number of hydrogen-bond acceptors (Lipinski definition) is 2. The number of aromatic nitrogens is 2. The molecule has 0 aliphatic carbocycles. The summed E-state index contributed by atoms with van der Waals surface area (Å²) in [7, 11) is 0. The van der Waals surface area contributed by atoms with Gasteiger partial charge in [-0.3, -0.25) is 0 Å². The molecule has 0 fully saturated rings. The van der Waals surface area contributed by atoms with E-state index in [0.29, 0.717) is 5.82 Å². The van der Waals surface area contributed by atoms with Gasteiger partial charge in [0.15, 0.2) is 11.6 Å². The fourth-order valence-electron chi connectivity index (χ4n) is 1.93. The van der Waals surface area contributed by atoms with Gasteiger partial charge in [-0.05, 0) is 12.5 Å². The maximum atomic E-state index is 13.7. The van der Waals surface area contributed by atoms with E-state index in [1.165, 1.54) is 12.1 Å². The van der Waals surface area contributed by atoms with E-state index >= 15 is 0 Å². The minimum absolute atomic E-state index is 0.124. The molecule has 5 heteroatoms. The van der Waals surface area contributed by atoms with Gasteiger partial charge in [-0.15, -0.1) is 0 Å². The maximum absolute atomic E-state index is 13.7. The summed E-state index contributed by atoms with van der Waals surface area (Å²) in [5, 5.41) is 0. The van der Waals surface area contributed by atoms with Crippen molar-refractivity contribution in [3.05, 3.63) is 53.6 Å². The SMILES string of the molecule is CCCn1ccnc1C(N)c1cccc(F)c1F. The minimum Gasteiger partial charge on any atom is -0.333 e. The molecule has 0 aliphatic rings. The first-order valence-corrected chi connectivity index (χ1v) is 5.85. The summed E-state index contributed by atoms with van der Waals surface area (Å²) in [5.74, 6) is -1.26. The number of nitrogens with zero attached hydrogens (tertiary/aromatic N) is 2. The lowest BCUT2D eigenvalue weighted by molar-refractivity contribution is 0.489. The van der Waals surface area contributed by atoms with Crippen LogP contribution in [0.3, 0.4) is 0 Å². The van der Waals surface area contributed by atoms with Crippen LogP contribution in [-0.4, -0.2) is 9.55 Å². The molecule has 96 valence electrons. The average molecular weight is 251 g/mol. The summed E-state index contributed by atoms with van der Waals surface area (Å²) >= 11 is 0. The van der Waals surface area contributed by atoms with Crippen molar-refractivity contribution in [1.29, 1.82) is 0 Å². The van der Waals surface area contributed by atoms with E-state index in [0.717, 1.165) is 19.0 Å². The number of benzene rings is 1. The number of imidazole rings is 1. The first kappa shape index (κ1) is 12.7. The van der Waals surface area contributed by atoms with Gasteiger partial charge >= 0.3 is 0 Å². The van der Waals surface area contributed by atoms with Crippen molar-refractivity contribution in [3.63, 3.8) is 0 Å². The molecule has 1 aromatic carbocycles. The van der Waals surface area contributed by atoms with Crippen LogP contribution in [0.15, 0.2) is 30.6 Å². The van der Waals surface area contributed by atoms with E-state index in [-0.39, 0.29) is 5.56 Å². The summed E-state index contributed by atoms with van der Waals surface area (Å²) < 4.78 is 28.7. The van der Waals surface area contributed by atoms with Gasteiger partial charge in [0.1, 0.15) is 5.82 Å². The summed E-state index contributed by atoms with van der Waals surface area (Å²) in [6, 6.07) is 3.24. The zero-order valence-corrected chi connectivity index (χ0v) is 10.1. The smallest absolute Gasteiger partial charge is 0.164 e. The Morgan fingerprint density at radius 3 is 2.89 bits per heavy atom. The highest BCUT2D eigenvalue weighted by Gasteiger charge is 2.19. The van der Waals surface area contributed by atoms with E-state index in [1.807, 2.05) is 11.5 Å². The first-order chi connectivity index (χ1) is 8.65. The number of aryl methyl sites for hydroxylation is 1. The second-order valence-corrected chi connectivity index (χ2v) is 4.10. The van der Waals surface area contributed by atoms with Gasteiger partial charge in [-0.1, -0.05) is 19.1 Å². The minimum atomic E-state index is -0.906. The Labute approximate surface area is 104 Å². The molecule has 0 spiro atoms. The number of hydrogen-bond donors (Lipinski definition) is 1. The van der Waals surface area contributed by atoms with Gasteiger partial charge in [0.05, 0.1) is 6.04 Å². The summed E-state index contributed by atoms with van der Waals surface area (Å²) in [6.45, 7) is 2.78. The Bertz CT molecular complexity index is 537. The van der Waals surface area contributed by atoms with Crippen LogP contribution in [0.5, 0.6) is 0 Å². The predicted octanol–water partition coefficient (Wildman–Crippen LogP) is 2.62. The molecule has 0 aliphatic heterocycles. The number of rotatable bonds is 4. The Hall–Kier alpha value is -1.75. The summed E-state index contributed by atoms with van der Waals surface area (Å²) in [6.07, 6.45) is 4.32. The van der Waals surface area contributed by atoms with Gasteiger partial charge in [0, 0.05) is 24.5 Å². The van der Waals surface area contributed by atoms with Crippen molar-refractivity contribution in [2.45, 2.75) is 25.9 Å². The molecule has 2 N–H and O–H groups in total. The standard InChI is InChI=1S/C13H15F2N3/c1-2-7-18-8-6-17-13(18)12(16)9-4-3-5-10(14)11(9)15/h3-6,8,12H,2,7,16H2,1H3. The van der Waals surface area contributed by atoms with Gasteiger partial charge in [-0.2, -0.15) is 0 Å². The largest absolute Gasteiger partial charge is 0.333 e. The molecule has 18 heavy (non-hydrogen) atoms. The van der Waals surface area contributed by atoms with Crippen molar-refractivity contribution in [2.24, 2.45) is 5.73 Å². The number of halogens is 2. The van der Waals surface area contributed by atoms with Gasteiger partial charge in [0.25, 0.3) is 0 Å². The molecular formula is C13H15F2N3. The second kappa shape index (κ2) is 5.27. The highest BCUT2D eigenvalue weighted by molar-refractivity contribution is 5.27. The van der Waals surface area contributed by atoms with E-state index < -0.39 is 17.7 Å². The quantitative estimate of drug-likeness (QED) is 0.907. The van der Waals surface area contributed by atoms with E-state index in [1.54, 1.807) is 12.4 Å². The lowest BCUT2D eigenvalue weighted by atomic mass is 10.1. The molecule has 0 radical (unpaired) electrons. The third-order valence-electron chi connectivity index (χ3n) is 2.81. The lowest BCUT2D eigenvalue weighted by Crippen LogP contribution is -2.19. The van der Waals surface area contributed by atoms with Crippen LogP contribution in [0.4, 0.5) is 8.78 Å². The summed E-state index contributed by atoms with van der Waals surface area (Å²) in [4.78, 5) is 4.13. The van der Waals surface area contributed by atoms with Gasteiger partial charge < -0.3 is 10.3 Å². The molecule has 0 amide bonds. The zero-order valence-electron chi connectivity index (χ0n) is 10.1. The molecule has 2 aromatic rings. The molecule has 2 rings (SSSR count). The topological polar surface area (TPSA) is 43.8 Å². The monoisotopic (exact) mass is 251 g/mol. The lowest BCUT2D eigenvalue weighted by Gasteiger charge is -2.15. The Balaban J connectivity index is 2.38. The Kier molecular flexibility index (Phi) is 3.72. The van der Waals surface area contributed by atoms with Crippen molar-refractivity contribution in [3.8, 4) is 0 Å². The fourth-order valence-corrected chi connectivity index (χ4v) is 1.93. The molecule has 1 atom stereocenters. The molecule has 1 unspecified atom stereocenters. The van der Waals surface area contributed by atoms with E-state index in [9.17, 15) is 8.78 Å². The molecule has 1 aromatic heterocycles. The van der Waals surface area contributed by atoms with Crippen LogP contribution >= 0.6 is 0 Å². The number of nitrogens with two attached hydrogens (primary N) is 1. The molecule has 1 heterocycles. The van der Waals surface area contributed by atoms with E-state index in [2.05, 4.69) is 4.98 Å². The molecule has 0 bridgehead atoms. The van der Waals surface area contributed by atoms with Crippen LogP contribution in [0.2, 0.25) is 0 Å². The van der Waals surface area contributed by atoms with Crippen molar-refractivity contribution < 1.29 is 8.78 Å². The predicted molar refractivity (Wildman–Crippen MR) is 64.9 cm³/mol. The first-order valence-electron chi connectivity index (χ1n) is 5.85. The molecule has 0 saturated heterocycles. The van der Waals surface area contributed by atoms with Crippen molar-refractivity contribution in [1.82, 2.24) is 9.55 Å². The Morgan fingerprint density at radius 2 is 2.17 bits per heavy atom. The van der Waals surface area contributed by atoms with Gasteiger partial charge in [0.2, 0.25) is 0 Å². The van der Waals surface area contributed by atoms with Crippen LogP contribution in [0.1, 0.15) is 30.8 Å². The third-order valence-corrected chi connectivity index (χ3v) is 2.81. The molecule has 3 nitrogen and oxygen atoms in total. The van der Waals surface area contributed by atoms with Crippen molar-refractivity contribution >= 4 is 0 Å². The van der Waals surface area contributed by atoms with Gasteiger partial charge in [-0.25, -0.2) is 13.8 Å². The van der Waals surface area contributed by atoms with Crippen LogP contribution < -0.4 is 5.73 Å². The normalized spacial score (nSPS) is 12.7. The molecular weight excluding hydrogens is 236 g/mol. The second-order valence-electron chi connectivity index (χ2n) is 4.10. The Morgan fingerprint density at radius 1 is 1.39 bits per heavy atom. The van der Waals surface area contributed by atoms with Crippen molar-refractivity contribution in [2.75, 3.05) is 0 Å². The third kappa shape index (κ3) is 2.26. The zero-order chi connectivity index (χ0) is 13.1.